The molecule has 1 heteroatoms. The summed E-state index contributed by atoms with van der Waals surface area (Å²) in [5, 5.41) is 0. The minimum atomic E-state index is -1.39. The first-order valence-corrected chi connectivity index (χ1v) is 6.01. The van der Waals surface area contributed by atoms with Crippen LogP contribution in [0.3, 0.4) is 0 Å². The number of hydrogen-bond donors (Lipinski definition) is 0. The lowest BCUT2D eigenvalue weighted by molar-refractivity contribution is 1.39. The molecular weight excluding hydrogens is 136 g/mol. The smallest absolute Gasteiger partial charge is 0.106 e. The molecule has 0 saturated heterocycles. The van der Waals surface area contributed by atoms with Crippen LogP contribution in [0.4, 0.5) is 0 Å². The van der Waals surface area contributed by atoms with Gasteiger partial charge in [0.1, 0.15) is 8.07 Å². The zero-order valence-corrected chi connectivity index (χ0v) is 7.34. The second-order valence-corrected chi connectivity index (χ2v) is 6.93. The lowest BCUT2D eigenvalue weighted by Crippen LogP contribution is -2.26. The van der Waals surface area contributed by atoms with E-state index in [4.69, 9.17) is 0 Å². The van der Waals surface area contributed by atoms with Gasteiger partial charge in [-0.25, -0.2) is 0 Å². The van der Waals surface area contributed by atoms with E-state index in [1.165, 1.54) is 12.8 Å². The third-order valence-corrected chi connectivity index (χ3v) is 6.46. The van der Waals surface area contributed by atoms with E-state index in [-0.39, 0.29) is 0 Å². The van der Waals surface area contributed by atoms with Crippen LogP contribution in [0.2, 0.25) is 5.54 Å². The summed E-state index contributed by atoms with van der Waals surface area (Å²) in [5.74, 6) is 0. The van der Waals surface area contributed by atoms with E-state index in [0.29, 0.717) is 0 Å². The summed E-state index contributed by atoms with van der Waals surface area (Å²) in [7, 11) is -1.39. The third-order valence-electron chi connectivity index (χ3n) is 2.35. The molecule has 54 valence electrons. The average Bonchev–Trinajstić information content (AvgIpc) is 2.77. The van der Waals surface area contributed by atoms with Gasteiger partial charge in [0, 0.05) is 0 Å². The zero-order valence-electron chi connectivity index (χ0n) is 6.34. The maximum Gasteiger partial charge on any atom is 0.127 e. The molecule has 0 bridgehead atoms. The fourth-order valence-electron chi connectivity index (χ4n) is 1.33. The van der Waals surface area contributed by atoms with E-state index < -0.39 is 8.07 Å². The van der Waals surface area contributed by atoms with Gasteiger partial charge in [0.25, 0.3) is 0 Å². The van der Waals surface area contributed by atoms with Gasteiger partial charge in [0.2, 0.25) is 0 Å². The predicted octanol–water partition coefficient (Wildman–Crippen LogP) is 2.77. The fraction of sp³-hybridized carbons (Fsp3) is 0.333. The Bertz CT molecular complexity index is 144. The van der Waals surface area contributed by atoms with E-state index in [1.54, 1.807) is 0 Å². The van der Waals surface area contributed by atoms with Crippen molar-refractivity contribution in [2.75, 3.05) is 0 Å². The molecule has 0 spiro atoms. The van der Waals surface area contributed by atoms with Crippen LogP contribution in [0, 0.1) is 0 Å². The molecule has 0 amide bonds. The van der Waals surface area contributed by atoms with Gasteiger partial charge in [-0.3, -0.25) is 0 Å². The van der Waals surface area contributed by atoms with Crippen molar-refractivity contribution in [3.63, 3.8) is 0 Å². The van der Waals surface area contributed by atoms with Crippen molar-refractivity contribution < 1.29 is 0 Å². The van der Waals surface area contributed by atoms with Crippen LogP contribution in [-0.2, 0) is 0 Å². The van der Waals surface area contributed by atoms with Crippen molar-refractivity contribution in [2.45, 2.75) is 18.4 Å². The highest BCUT2D eigenvalue weighted by Gasteiger charge is 2.40. The maximum absolute atomic E-state index is 3.86. The summed E-state index contributed by atoms with van der Waals surface area (Å²) in [4.78, 5) is 0. The van der Waals surface area contributed by atoms with Crippen molar-refractivity contribution in [3.05, 3.63) is 36.8 Å². The van der Waals surface area contributed by atoms with Crippen LogP contribution in [0.15, 0.2) is 36.8 Å². The standard InChI is InChI=1S/C9H14Si/c1-4-10(5-2,6-3)9-7-8-9/h4-6,9H,1-3,7-8H2. The Morgan fingerprint density at radius 3 is 1.50 bits per heavy atom. The van der Waals surface area contributed by atoms with Gasteiger partial charge in [0.15, 0.2) is 0 Å². The lowest BCUT2D eigenvalue weighted by atomic mass is 11.0. The molecule has 0 N–H and O–H groups in total. The van der Waals surface area contributed by atoms with Gasteiger partial charge in [-0.2, -0.15) is 0 Å². The molecule has 0 aromatic heterocycles. The summed E-state index contributed by atoms with van der Waals surface area (Å²) in [6.07, 6.45) is 2.71. The molecule has 1 aliphatic rings. The average molecular weight is 150 g/mol. The minimum absolute atomic E-state index is 0.875. The highest BCUT2D eigenvalue weighted by atomic mass is 28.3. The molecule has 1 rings (SSSR count). The van der Waals surface area contributed by atoms with Crippen molar-refractivity contribution >= 4 is 8.07 Å². The molecule has 1 fully saturated rings. The van der Waals surface area contributed by atoms with Gasteiger partial charge in [-0.1, -0.05) is 29.9 Å². The summed E-state index contributed by atoms with van der Waals surface area (Å²) in [6, 6.07) is 0. The molecule has 0 radical (unpaired) electrons. The van der Waals surface area contributed by atoms with Crippen LogP contribution < -0.4 is 0 Å². The Labute approximate surface area is 64.0 Å². The topological polar surface area (TPSA) is 0 Å². The second kappa shape index (κ2) is 2.58. The zero-order chi connectivity index (χ0) is 7.61. The van der Waals surface area contributed by atoms with Crippen molar-refractivity contribution in [1.29, 1.82) is 0 Å². The molecule has 1 saturated carbocycles. The Kier molecular flexibility index (Phi) is 1.95. The molecule has 10 heavy (non-hydrogen) atoms. The maximum atomic E-state index is 3.86. The number of rotatable bonds is 4. The van der Waals surface area contributed by atoms with Gasteiger partial charge < -0.3 is 0 Å². The number of hydrogen-bond acceptors (Lipinski definition) is 0. The quantitative estimate of drug-likeness (QED) is 0.541. The summed E-state index contributed by atoms with van der Waals surface area (Å²) in [5.41, 5.74) is 7.14. The van der Waals surface area contributed by atoms with Crippen LogP contribution in [0.25, 0.3) is 0 Å². The van der Waals surface area contributed by atoms with Gasteiger partial charge >= 0.3 is 0 Å². The SMILES string of the molecule is C=C[Si](C=C)(C=C)C1CC1. The van der Waals surface area contributed by atoms with Gasteiger partial charge in [-0.15, -0.1) is 19.7 Å². The largest absolute Gasteiger partial charge is 0.127 e. The van der Waals surface area contributed by atoms with Crippen LogP contribution in [0.5, 0.6) is 0 Å². The monoisotopic (exact) mass is 150 g/mol. The Morgan fingerprint density at radius 1 is 1.00 bits per heavy atom. The van der Waals surface area contributed by atoms with E-state index in [2.05, 4.69) is 36.8 Å². The molecule has 0 nitrogen and oxygen atoms in total. The van der Waals surface area contributed by atoms with E-state index >= 15 is 0 Å². The third kappa shape index (κ3) is 1.01. The highest BCUT2D eigenvalue weighted by molar-refractivity contribution is 6.94. The van der Waals surface area contributed by atoms with Crippen molar-refractivity contribution in [3.8, 4) is 0 Å². The summed E-state index contributed by atoms with van der Waals surface area (Å²) < 4.78 is 0. The normalized spacial score (nSPS) is 18.0. The first-order chi connectivity index (χ1) is 4.79. The molecule has 0 aromatic carbocycles. The molecule has 0 heterocycles. The Balaban J connectivity index is 2.79. The van der Waals surface area contributed by atoms with E-state index in [0.717, 1.165) is 5.54 Å². The van der Waals surface area contributed by atoms with Gasteiger partial charge in [0.05, 0.1) is 0 Å². The van der Waals surface area contributed by atoms with Crippen LogP contribution >= 0.6 is 0 Å². The molecule has 0 aromatic rings. The van der Waals surface area contributed by atoms with Crippen LogP contribution in [-0.4, -0.2) is 8.07 Å². The molecule has 0 unspecified atom stereocenters. The lowest BCUT2D eigenvalue weighted by Gasteiger charge is -2.17. The van der Waals surface area contributed by atoms with E-state index in [9.17, 15) is 0 Å². The van der Waals surface area contributed by atoms with Crippen molar-refractivity contribution in [1.82, 2.24) is 0 Å². The van der Waals surface area contributed by atoms with Crippen LogP contribution in [0.1, 0.15) is 12.8 Å². The first kappa shape index (κ1) is 7.54. The first-order valence-electron chi connectivity index (χ1n) is 3.70. The minimum Gasteiger partial charge on any atom is -0.106 e. The molecule has 1 aliphatic carbocycles. The Morgan fingerprint density at radius 2 is 1.40 bits per heavy atom. The molecule has 0 aliphatic heterocycles. The van der Waals surface area contributed by atoms with Gasteiger partial charge in [-0.05, 0) is 5.54 Å². The second-order valence-electron chi connectivity index (χ2n) is 2.89. The van der Waals surface area contributed by atoms with Crippen molar-refractivity contribution in [2.24, 2.45) is 0 Å². The molecule has 0 atom stereocenters. The summed E-state index contributed by atoms with van der Waals surface area (Å²) in [6.45, 7) is 11.6. The fourth-order valence-corrected chi connectivity index (χ4v) is 4.00. The highest BCUT2D eigenvalue weighted by Crippen LogP contribution is 2.46. The van der Waals surface area contributed by atoms with E-state index in [1.807, 2.05) is 0 Å². The summed E-state index contributed by atoms with van der Waals surface area (Å²) >= 11 is 0. The predicted molar refractivity (Wildman–Crippen MR) is 49.3 cm³/mol. The molecular formula is C9H14Si. The Hall–Kier alpha value is -0.563.